The maximum absolute atomic E-state index is 3.87. The second-order valence-corrected chi connectivity index (χ2v) is 1.52. The molecule has 0 saturated carbocycles. The van der Waals surface area contributed by atoms with E-state index < -0.39 is 0 Å². The Labute approximate surface area is 49.7 Å². The molecule has 0 heterocycles. The molecule has 0 aromatic rings. The number of rotatable bonds is 2. The monoisotopic (exact) mass is 113 g/mol. The average molecular weight is 113 g/mol. The van der Waals surface area contributed by atoms with Gasteiger partial charge >= 0.3 is 0 Å². The lowest BCUT2D eigenvalue weighted by molar-refractivity contribution is 0.441. The SMILES string of the molecule is C/N=C\C=N/N(C)C. The van der Waals surface area contributed by atoms with E-state index in [0.717, 1.165) is 0 Å². The molecule has 0 aliphatic carbocycles. The highest BCUT2D eigenvalue weighted by Gasteiger charge is 1.69. The van der Waals surface area contributed by atoms with Crippen molar-refractivity contribution in [3.05, 3.63) is 0 Å². The lowest BCUT2D eigenvalue weighted by Gasteiger charge is -1.99. The minimum absolute atomic E-state index is 1.64. The van der Waals surface area contributed by atoms with Crippen LogP contribution in [-0.2, 0) is 0 Å². The zero-order valence-corrected chi connectivity index (χ0v) is 5.50. The van der Waals surface area contributed by atoms with Crippen LogP contribution in [0.2, 0.25) is 0 Å². The standard InChI is InChI=1S/C5H11N3/c1-6-4-5-7-8(2)3/h4-5H,1-3H3/b6-4-,7-5-. The predicted octanol–water partition coefficient (Wildman–Crippen LogP) is 0.234. The Balaban J connectivity index is 3.34. The Bertz CT molecular complexity index is 93.8. The van der Waals surface area contributed by atoms with Gasteiger partial charge in [-0.2, -0.15) is 5.10 Å². The molecule has 0 atom stereocenters. The number of hydrogen-bond donors (Lipinski definition) is 0. The van der Waals surface area contributed by atoms with Crippen LogP contribution in [0.15, 0.2) is 10.1 Å². The molecule has 0 fully saturated rings. The van der Waals surface area contributed by atoms with Gasteiger partial charge in [0.2, 0.25) is 0 Å². The zero-order valence-electron chi connectivity index (χ0n) is 5.50. The van der Waals surface area contributed by atoms with Crippen LogP contribution >= 0.6 is 0 Å². The summed E-state index contributed by atoms with van der Waals surface area (Å²) in [6, 6.07) is 0. The summed E-state index contributed by atoms with van der Waals surface area (Å²) in [4.78, 5) is 3.71. The van der Waals surface area contributed by atoms with Crippen LogP contribution in [0.3, 0.4) is 0 Å². The van der Waals surface area contributed by atoms with E-state index in [-0.39, 0.29) is 0 Å². The van der Waals surface area contributed by atoms with Crippen molar-refractivity contribution >= 4 is 12.4 Å². The molecule has 46 valence electrons. The van der Waals surface area contributed by atoms with E-state index in [1.165, 1.54) is 0 Å². The van der Waals surface area contributed by atoms with E-state index in [9.17, 15) is 0 Å². The fourth-order valence-corrected chi connectivity index (χ4v) is 0.230. The fourth-order valence-electron chi connectivity index (χ4n) is 0.230. The van der Waals surface area contributed by atoms with Crippen LogP contribution in [0.1, 0.15) is 0 Å². The molecule has 0 aromatic carbocycles. The molecule has 0 unspecified atom stereocenters. The van der Waals surface area contributed by atoms with Crippen molar-refractivity contribution in [2.24, 2.45) is 10.1 Å². The molecule has 0 amide bonds. The van der Waals surface area contributed by atoms with Gasteiger partial charge in [0.05, 0.1) is 6.21 Å². The molecule has 0 spiro atoms. The van der Waals surface area contributed by atoms with Crippen molar-refractivity contribution in [3.63, 3.8) is 0 Å². The number of nitrogens with zero attached hydrogens (tertiary/aromatic N) is 3. The van der Waals surface area contributed by atoms with Crippen LogP contribution < -0.4 is 0 Å². The summed E-state index contributed by atoms with van der Waals surface area (Å²) in [7, 11) is 5.43. The van der Waals surface area contributed by atoms with Gasteiger partial charge in [-0.05, 0) is 0 Å². The van der Waals surface area contributed by atoms with Gasteiger partial charge in [0.15, 0.2) is 0 Å². The first-order valence-electron chi connectivity index (χ1n) is 2.39. The zero-order chi connectivity index (χ0) is 6.41. The van der Waals surface area contributed by atoms with Crippen molar-refractivity contribution < 1.29 is 0 Å². The smallest absolute Gasteiger partial charge is 0.0648 e. The molecule has 3 heteroatoms. The Morgan fingerprint density at radius 2 is 1.88 bits per heavy atom. The van der Waals surface area contributed by atoms with Gasteiger partial charge in [-0.1, -0.05) is 0 Å². The third-order valence-corrected chi connectivity index (χ3v) is 0.513. The first-order chi connectivity index (χ1) is 3.77. The second kappa shape index (κ2) is 4.30. The highest BCUT2D eigenvalue weighted by Crippen LogP contribution is 1.67. The van der Waals surface area contributed by atoms with Gasteiger partial charge in [0, 0.05) is 27.4 Å². The largest absolute Gasteiger partial charge is 0.303 e. The maximum atomic E-state index is 3.87. The fraction of sp³-hybridized carbons (Fsp3) is 0.600. The van der Waals surface area contributed by atoms with Crippen LogP contribution in [-0.4, -0.2) is 38.6 Å². The molecule has 0 aliphatic heterocycles. The Hall–Kier alpha value is -0.860. The molecular weight excluding hydrogens is 102 g/mol. The summed E-state index contributed by atoms with van der Waals surface area (Å²) in [6.07, 6.45) is 3.28. The van der Waals surface area contributed by atoms with Crippen molar-refractivity contribution in [3.8, 4) is 0 Å². The van der Waals surface area contributed by atoms with Crippen LogP contribution in [0.4, 0.5) is 0 Å². The van der Waals surface area contributed by atoms with E-state index >= 15 is 0 Å². The summed E-state index contributed by atoms with van der Waals surface area (Å²) < 4.78 is 0. The third kappa shape index (κ3) is 5.14. The lowest BCUT2D eigenvalue weighted by atomic mass is 10.8. The van der Waals surface area contributed by atoms with Crippen LogP contribution in [0, 0.1) is 0 Å². The van der Waals surface area contributed by atoms with Crippen LogP contribution in [0.5, 0.6) is 0 Å². The van der Waals surface area contributed by atoms with E-state index in [1.807, 2.05) is 14.1 Å². The van der Waals surface area contributed by atoms with Gasteiger partial charge in [-0.25, -0.2) is 0 Å². The first-order valence-corrected chi connectivity index (χ1v) is 2.39. The number of hydrazone groups is 1. The predicted molar refractivity (Wildman–Crippen MR) is 36.6 cm³/mol. The number of aliphatic imine (C=N–C) groups is 1. The molecule has 0 aliphatic rings. The van der Waals surface area contributed by atoms with E-state index in [0.29, 0.717) is 0 Å². The minimum atomic E-state index is 1.64. The van der Waals surface area contributed by atoms with E-state index in [1.54, 1.807) is 24.5 Å². The summed E-state index contributed by atoms with van der Waals surface area (Å²) in [5.41, 5.74) is 0. The number of hydrogen-bond acceptors (Lipinski definition) is 3. The molecule has 0 aromatic heterocycles. The van der Waals surface area contributed by atoms with E-state index in [2.05, 4.69) is 10.1 Å². The van der Waals surface area contributed by atoms with Crippen molar-refractivity contribution in [1.29, 1.82) is 0 Å². The Morgan fingerprint density at radius 3 is 2.25 bits per heavy atom. The van der Waals surface area contributed by atoms with Gasteiger partial charge < -0.3 is 5.01 Å². The van der Waals surface area contributed by atoms with Crippen LogP contribution in [0.25, 0.3) is 0 Å². The lowest BCUT2D eigenvalue weighted by Crippen LogP contribution is -2.01. The first kappa shape index (κ1) is 7.14. The quantitative estimate of drug-likeness (QED) is 0.372. The highest BCUT2D eigenvalue weighted by molar-refractivity contribution is 6.15. The summed E-state index contributed by atoms with van der Waals surface area (Å²) >= 11 is 0. The summed E-state index contributed by atoms with van der Waals surface area (Å²) in [5, 5.41) is 5.58. The molecule has 0 N–H and O–H groups in total. The molecule has 8 heavy (non-hydrogen) atoms. The van der Waals surface area contributed by atoms with Gasteiger partial charge in [0.25, 0.3) is 0 Å². The highest BCUT2D eigenvalue weighted by atomic mass is 15.4. The topological polar surface area (TPSA) is 28.0 Å². The molecule has 0 rings (SSSR count). The van der Waals surface area contributed by atoms with Gasteiger partial charge in [-0.3, -0.25) is 4.99 Å². The van der Waals surface area contributed by atoms with Crippen molar-refractivity contribution in [1.82, 2.24) is 5.01 Å². The average Bonchev–Trinajstić information content (AvgIpc) is 1.66. The molecule has 0 radical (unpaired) electrons. The van der Waals surface area contributed by atoms with E-state index in [4.69, 9.17) is 0 Å². The van der Waals surface area contributed by atoms with Crippen molar-refractivity contribution in [2.75, 3.05) is 21.1 Å². The summed E-state index contributed by atoms with van der Waals surface area (Å²) in [6.45, 7) is 0. The molecular formula is C5H11N3. The summed E-state index contributed by atoms with van der Waals surface area (Å²) in [5.74, 6) is 0. The third-order valence-electron chi connectivity index (χ3n) is 0.513. The molecule has 0 saturated heterocycles. The Morgan fingerprint density at radius 1 is 1.25 bits per heavy atom. The maximum Gasteiger partial charge on any atom is 0.0648 e. The molecule has 0 bridgehead atoms. The second-order valence-electron chi connectivity index (χ2n) is 1.52. The Kier molecular flexibility index (Phi) is 3.84. The molecule has 3 nitrogen and oxygen atoms in total. The minimum Gasteiger partial charge on any atom is -0.303 e. The van der Waals surface area contributed by atoms with Gasteiger partial charge in [-0.15, -0.1) is 0 Å². The normalized spacial score (nSPS) is 11.4. The van der Waals surface area contributed by atoms with Crippen molar-refractivity contribution in [2.45, 2.75) is 0 Å². The van der Waals surface area contributed by atoms with Gasteiger partial charge in [0.1, 0.15) is 0 Å².